The Kier molecular flexibility index (Phi) is 6.26. The molecular formula is C25H23N3O5. The van der Waals surface area contributed by atoms with Gasteiger partial charge in [-0.1, -0.05) is 12.1 Å². The summed E-state index contributed by atoms with van der Waals surface area (Å²) in [6, 6.07) is 17.4. The molecule has 4 rings (SSSR count). The standard InChI is InChI=1S/C25H23N3O5/c1-15-11-18(8-9-23(15)29)22-13-21(27-25(31)28-22)17-5-3-6-19(12-17)33-16(2)24(30)26-14-20-7-4-10-32-20/h3-13,16,29H,14H2,1-2H3,(H,26,30)(H,27,28,31). The molecular weight excluding hydrogens is 422 g/mol. The number of rotatable bonds is 7. The SMILES string of the molecule is Cc1cc(-c2cc(-c3cccc(OC(C)C(=O)NCc4ccco4)c3)nc(=O)[nH]2)ccc1O. The second-order valence-corrected chi connectivity index (χ2v) is 7.57. The number of phenolic OH excluding ortho intramolecular Hbond substituents is 1. The highest BCUT2D eigenvalue weighted by molar-refractivity contribution is 5.80. The average Bonchev–Trinajstić information content (AvgIpc) is 3.33. The van der Waals surface area contributed by atoms with E-state index in [1.807, 2.05) is 6.07 Å². The lowest BCUT2D eigenvalue weighted by Crippen LogP contribution is -2.35. The Morgan fingerprint density at radius 2 is 2.00 bits per heavy atom. The predicted octanol–water partition coefficient (Wildman–Crippen LogP) is 3.79. The van der Waals surface area contributed by atoms with Crippen molar-refractivity contribution in [2.75, 3.05) is 0 Å². The van der Waals surface area contributed by atoms with Crippen molar-refractivity contribution in [1.29, 1.82) is 0 Å². The number of aryl methyl sites for hydroxylation is 1. The largest absolute Gasteiger partial charge is 0.508 e. The van der Waals surface area contributed by atoms with Gasteiger partial charge in [-0.15, -0.1) is 0 Å². The monoisotopic (exact) mass is 445 g/mol. The Balaban J connectivity index is 1.52. The summed E-state index contributed by atoms with van der Waals surface area (Å²) in [7, 11) is 0. The zero-order chi connectivity index (χ0) is 23.4. The van der Waals surface area contributed by atoms with Crippen LogP contribution < -0.4 is 15.7 Å². The van der Waals surface area contributed by atoms with Crippen molar-refractivity contribution in [1.82, 2.24) is 15.3 Å². The molecule has 3 N–H and O–H groups in total. The number of hydrogen-bond donors (Lipinski definition) is 3. The molecule has 0 aliphatic rings. The normalized spacial score (nSPS) is 11.7. The highest BCUT2D eigenvalue weighted by atomic mass is 16.5. The number of H-pyrrole nitrogens is 1. The van der Waals surface area contributed by atoms with E-state index < -0.39 is 11.8 Å². The second kappa shape index (κ2) is 9.44. The lowest BCUT2D eigenvalue weighted by Gasteiger charge is -2.15. The van der Waals surface area contributed by atoms with Gasteiger partial charge < -0.3 is 24.6 Å². The molecule has 33 heavy (non-hydrogen) atoms. The number of hydrogen-bond acceptors (Lipinski definition) is 6. The van der Waals surface area contributed by atoms with Crippen LogP contribution in [0.15, 0.2) is 76.1 Å². The third-order valence-electron chi connectivity index (χ3n) is 5.08. The summed E-state index contributed by atoms with van der Waals surface area (Å²) in [5, 5.41) is 12.5. The first-order chi connectivity index (χ1) is 15.9. The fraction of sp³-hybridized carbons (Fsp3) is 0.160. The summed E-state index contributed by atoms with van der Waals surface area (Å²) >= 11 is 0. The first-order valence-electron chi connectivity index (χ1n) is 10.4. The number of aromatic amines is 1. The Hall–Kier alpha value is -4.33. The van der Waals surface area contributed by atoms with Crippen molar-refractivity contribution in [3.8, 4) is 34.0 Å². The number of phenols is 1. The number of ether oxygens (including phenoxy) is 1. The maximum absolute atomic E-state index is 12.3. The van der Waals surface area contributed by atoms with Crippen molar-refractivity contribution in [3.05, 3.63) is 88.7 Å². The van der Waals surface area contributed by atoms with Crippen molar-refractivity contribution in [2.45, 2.75) is 26.5 Å². The van der Waals surface area contributed by atoms with E-state index in [4.69, 9.17) is 9.15 Å². The van der Waals surface area contributed by atoms with E-state index in [-0.39, 0.29) is 18.2 Å². The van der Waals surface area contributed by atoms with Crippen molar-refractivity contribution >= 4 is 5.91 Å². The summed E-state index contributed by atoms with van der Waals surface area (Å²) in [5.41, 5.74) is 2.65. The molecule has 1 unspecified atom stereocenters. The molecule has 0 saturated heterocycles. The number of benzene rings is 2. The highest BCUT2D eigenvalue weighted by Gasteiger charge is 2.15. The van der Waals surface area contributed by atoms with Gasteiger partial charge in [-0.05, 0) is 73.5 Å². The fourth-order valence-corrected chi connectivity index (χ4v) is 3.30. The van der Waals surface area contributed by atoms with Gasteiger partial charge in [-0.2, -0.15) is 4.98 Å². The third kappa shape index (κ3) is 5.30. The maximum Gasteiger partial charge on any atom is 0.345 e. The van der Waals surface area contributed by atoms with Gasteiger partial charge in [0.05, 0.1) is 24.2 Å². The van der Waals surface area contributed by atoms with Gasteiger partial charge in [0.2, 0.25) is 0 Å². The molecule has 0 aliphatic carbocycles. The highest BCUT2D eigenvalue weighted by Crippen LogP contribution is 2.27. The molecule has 8 nitrogen and oxygen atoms in total. The van der Waals surface area contributed by atoms with Crippen LogP contribution >= 0.6 is 0 Å². The molecule has 0 aliphatic heterocycles. The van der Waals surface area contributed by atoms with E-state index in [1.54, 1.807) is 74.7 Å². The van der Waals surface area contributed by atoms with Crippen molar-refractivity contribution < 1.29 is 19.1 Å². The fourth-order valence-electron chi connectivity index (χ4n) is 3.30. The Morgan fingerprint density at radius 1 is 1.15 bits per heavy atom. The molecule has 0 saturated carbocycles. The quantitative estimate of drug-likeness (QED) is 0.398. The van der Waals surface area contributed by atoms with Gasteiger partial charge in [-0.3, -0.25) is 4.79 Å². The number of nitrogens with zero attached hydrogens (tertiary/aromatic N) is 1. The molecule has 0 radical (unpaired) electrons. The number of nitrogens with one attached hydrogen (secondary N) is 2. The number of furan rings is 1. The molecule has 1 amide bonds. The molecule has 0 bridgehead atoms. The van der Waals surface area contributed by atoms with Crippen LogP contribution in [-0.4, -0.2) is 27.1 Å². The smallest absolute Gasteiger partial charge is 0.345 e. The summed E-state index contributed by atoms with van der Waals surface area (Å²) in [4.78, 5) is 31.4. The minimum atomic E-state index is -0.738. The molecule has 1 atom stereocenters. The first-order valence-corrected chi connectivity index (χ1v) is 10.4. The van der Waals surface area contributed by atoms with Crippen LogP contribution in [0.3, 0.4) is 0 Å². The number of aromatic nitrogens is 2. The van der Waals surface area contributed by atoms with Crippen molar-refractivity contribution in [3.63, 3.8) is 0 Å². The number of aromatic hydroxyl groups is 1. The maximum atomic E-state index is 12.3. The summed E-state index contributed by atoms with van der Waals surface area (Å²) in [5.74, 6) is 1.02. The van der Waals surface area contributed by atoms with Crippen LogP contribution in [0.25, 0.3) is 22.5 Å². The van der Waals surface area contributed by atoms with Crippen LogP contribution in [-0.2, 0) is 11.3 Å². The lowest BCUT2D eigenvalue weighted by molar-refractivity contribution is -0.127. The average molecular weight is 445 g/mol. The molecule has 0 spiro atoms. The van der Waals surface area contributed by atoms with Gasteiger partial charge in [0.25, 0.3) is 5.91 Å². The molecule has 0 fully saturated rings. The van der Waals surface area contributed by atoms with Crippen LogP contribution in [0.1, 0.15) is 18.2 Å². The minimum Gasteiger partial charge on any atom is -0.508 e. The van der Waals surface area contributed by atoms with E-state index in [0.717, 1.165) is 5.56 Å². The van der Waals surface area contributed by atoms with Gasteiger partial charge in [0, 0.05) is 5.56 Å². The number of carbonyl (C=O) groups is 1. The molecule has 8 heteroatoms. The van der Waals surface area contributed by atoms with E-state index >= 15 is 0 Å². The Bertz CT molecular complexity index is 1330. The van der Waals surface area contributed by atoms with Crippen LogP contribution in [0.4, 0.5) is 0 Å². The molecule has 4 aromatic rings. The zero-order valence-electron chi connectivity index (χ0n) is 18.2. The Morgan fingerprint density at radius 3 is 2.76 bits per heavy atom. The summed E-state index contributed by atoms with van der Waals surface area (Å²) in [6.07, 6.45) is 0.807. The lowest BCUT2D eigenvalue weighted by atomic mass is 10.1. The van der Waals surface area contributed by atoms with Crippen molar-refractivity contribution in [2.24, 2.45) is 0 Å². The molecule has 2 heterocycles. The van der Waals surface area contributed by atoms with Gasteiger partial charge in [0.1, 0.15) is 17.3 Å². The third-order valence-corrected chi connectivity index (χ3v) is 5.08. The van der Waals surface area contributed by atoms with Gasteiger partial charge in [-0.25, -0.2) is 4.79 Å². The minimum absolute atomic E-state index is 0.183. The van der Waals surface area contributed by atoms with Crippen LogP contribution in [0.5, 0.6) is 11.5 Å². The zero-order valence-corrected chi connectivity index (χ0v) is 18.2. The number of carbonyl (C=O) groups excluding carboxylic acids is 1. The summed E-state index contributed by atoms with van der Waals surface area (Å²) < 4.78 is 11.0. The summed E-state index contributed by atoms with van der Waals surface area (Å²) in [6.45, 7) is 3.71. The number of amides is 1. The van der Waals surface area contributed by atoms with E-state index in [9.17, 15) is 14.7 Å². The van der Waals surface area contributed by atoms with E-state index in [0.29, 0.717) is 34.0 Å². The molecule has 2 aromatic carbocycles. The van der Waals surface area contributed by atoms with E-state index in [1.165, 1.54) is 0 Å². The van der Waals surface area contributed by atoms with Gasteiger partial charge >= 0.3 is 5.69 Å². The van der Waals surface area contributed by atoms with Gasteiger partial charge in [0.15, 0.2) is 6.10 Å². The van der Waals surface area contributed by atoms with E-state index in [2.05, 4.69) is 15.3 Å². The second-order valence-electron chi connectivity index (χ2n) is 7.57. The predicted molar refractivity (Wildman–Crippen MR) is 123 cm³/mol. The topological polar surface area (TPSA) is 117 Å². The Labute approximate surface area is 189 Å². The molecule has 168 valence electrons. The van der Waals surface area contributed by atoms with Crippen LogP contribution in [0, 0.1) is 6.92 Å². The van der Waals surface area contributed by atoms with Crippen LogP contribution in [0.2, 0.25) is 0 Å². The first kappa shape index (κ1) is 21.9. The molecule has 2 aromatic heterocycles.